The number of ether oxygens (including phenoxy) is 1. The van der Waals surface area contributed by atoms with Gasteiger partial charge in [-0.25, -0.2) is 4.39 Å². The summed E-state index contributed by atoms with van der Waals surface area (Å²) in [6, 6.07) is 6.15. The molecule has 0 aromatic heterocycles. The lowest BCUT2D eigenvalue weighted by molar-refractivity contribution is -0.137. The number of nitrogens with two attached hydrogens (primary N) is 1. The molecule has 0 atom stereocenters. The van der Waals surface area contributed by atoms with Gasteiger partial charge in [0.25, 0.3) is 0 Å². The summed E-state index contributed by atoms with van der Waals surface area (Å²) in [6.45, 7) is 6.62. The van der Waals surface area contributed by atoms with Gasteiger partial charge in [0.2, 0.25) is 5.91 Å². The van der Waals surface area contributed by atoms with Gasteiger partial charge in [0, 0.05) is 31.6 Å². The number of hydrogen-bond donors (Lipinski definition) is 1. The molecule has 266 valence electrons. The smallest absolute Gasteiger partial charge is 0.311 e. The molecule has 7 heteroatoms. The highest BCUT2D eigenvalue weighted by Crippen LogP contribution is 2.32. The molecule has 2 fully saturated rings. The van der Waals surface area contributed by atoms with Crippen LogP contribution in [-0.4, -0.2) is 59.9 Å². The number of piperidine rings is 2. The summed E-state index contributed by atoms with van der Waals surface area (Å²) in [5, 5.41) is 0. The van der Waals surface area contributed by atoms with Crippen LogP contribution in [0.5, 0.6) is 0 Å². The van der Waals surface area contributed by atoms with Gasteiger partial charge in [-0.3, -0.25) is 14.5 Å². The number of unbranched alkanes of at least 4 members (excludes halogenated alkanes) is 15. The van der Waals surface area contributed by atoms with Crippen molar-refractivity contribution in [3.05, 3.63) is 41.7 Å². The summed E-state index contributed by atoms with van der Waals surface area (Å²) in [5.41, 5.74) is 6.15. The maximum absolute atomic E-state index is 13.6. The van der Waals surface area contributed by atoms with Crippen LogP contribution in [-0.2, 0) is 14.3 Å². The minimum absolute atomic E-state index is 0.186. The molecule has 47 heavy (non-hydrogen) atoms. The molecule has 0 bridgehead atoms. The maximum atomic E-state index is 13.6. The van der Waals surface area contributed by atoms with Crippen LogP contribution in [0.3, 0.4) is 0 Å². The molecule has 6 nitrogen and oxygen atoms in total. The van der Waals surface area contributed by atoms with E-state index in [0.717, 1.165) is 77.7 Å². The maximum Gasteiger partial charge on any atom is 0.311 e. The highest BCUT2D eigenvalue weighted by molar-refractivity contribution is 5.85. The molecule has 1 aromatic rings. The number of nitrogens with zero attached hydrogens (tertiary/aromatic N) is 2. The highest BCUT2D eigenvalue weighted by atomic mass is 19.1. The first-order valence-electron chi connectivity index (χ1n) is 19.4. The lowest BCUT2D eigenvalue weighted by Crippen LogP contribution is -2.63. The summed E-state index contributed by atoms with van der Waals surface area (Å²) in [4.78, 5) is 30.1. The minimum Gasteiger partial charge on any atom is -0.426 e. The van der Waals surface area contributed by atoms with Crippen molar-refractivity contribution in [1.82, 2.24) is 9.80 Å². The number of amides is 1. The fourth-order valence-corrected chi connectivity index (χ4v) is 7.39. The largest absolute Gasteiger partial charge is 0.426 e. The molecule has 0 unspecified atom stereocenters. The SMILES string of the molecule is CCCCCCCCCCCCCCCCCCC(=O)O/C(=C\CCN1CCC(C(N)=O)(N2CCCCC2)CC1)c1ccc(F)cc1. The Hall–Kier alpha value is -2.25. The van der Waals surface area contributed by atoms with E-state index in [0.29, 0.717) is 24.2 Å². The second-order valence-corrected chi connectivity index (χ2v) is 14.2. The van der Waals surface area contributed by atoms with Gasteiger partial charge in [-0.1, -0.05) is 110 Å². The van der Waals surface area contributed by atoms with Crippen LogP contribution in [0.2, 0.25) is 0 Å². The molecule has 0 spiro atoms. The molecule has 2 heterocycles. The number of rotatable bonds is 24. The van der Waals surface area contributed by atoms with Gasteiger partial charge in [0.15, 0.2) is 0 Å². The van der Waals surface area contributed by atoms with Crippen molar-refractivity contribution in [1.29, 1.82) is 0 Å². The molecule has 3 rings (SSSR count). The Morgan fingerprint density at radius 1 is 0.766 bits per heavy atom. The molecule has 1 aromatic carbocycles. The van der Waals surface area contributed by atoms with Crippen LogP contribution in [0.25, 0.3) is 5.76 Å². The van der Waals surface area contributed by atoms with E-state index in [9.17, 15) is 14.0 Å². The van der Waals surface area contributed by atoms with Gasteiger partial charge in [0.05, 0.1) is 0 Å². The second-order valence-electron chi connectivity index (χ2n) is 14.2. The number of primary amides is 1. The first-order valence-corrected chi connectivity index (χ1v) is 19.4. The monoisotopic (exact) mass is 656 g/mol. The Kier molecular flexibility index (Phi) is 19.3. The summed E-state index contributed by atoms with van der Waals surface area (Å²) < 4.78 is 19.5. The van der Waals surface area contributed by atoms with Gasteiger partial charge in [0.1, 0.15) is 17.1 Å². The zero-order valence-electron chi connectivity index (χ0n) is 29.8. The molecular formula is C40H66FN3O3. The zero-order chi connectivity index (χ0) is 33.6. The van der Waals surface area contributed by atoms with Crippen molar-refractivity contribution in [3.63, 3.8) is 0 Å². The van der Waals surface area contributed by atoms with Crippen LogP contribution in [0.4, 0.5) is 4.39 Å². The fraction of sp³-hybridized carbons (Fsp3) is 0.750. The van der Waals surface area contributed by atoms with Crippen LogP contribution in [0, 0.1) is 5.82 Å². The predicted molar refractivity (Wildman–Crippen MR) is 192 cm³/mol. The van der Waals surface area contributed by atoms with E-state index < -0.39 is 5.54 Å². The third-order valence-electron chi connectivity index (χ3n) is 10.5. The number of halogens is 1. The molecule has 2 aliphatic rings. The van der Waals surface area contributed by atoms with E-state index in [1.165, 1.54) is 102 Å². The molecule has 1 amide bonds. The van der Waals surface area contributed by atoms with Crippen molar-refractivity contribution in [2.45, 2.75) is 160 Å². The van der Waals surface area contributed by atoms with E-state index in [1.807, 2.05) is 6.08 Å². The normalized spacial score (nSPS) is 17.5. The number of esters is 1. The average molecular weight is 656 g/mol. The quantitative estimate of drug-likeness (QED) is 0.0682. The van der Waals surface area contributed by atoms with Crippen LogP contribution in [0.15, 0.2) is 30.3 Å². The predicted octanol–water partition coefficient (Wildman–Crippen LogP) is 9.56. The number of hydrogen-bond acceptors (Lipinski definition) is 5. The second kappa shape index (κ2) is 23.2. The van der Waals surface area contributed by atoms with Crippen LogP contribution < -0.4 is 5.73 Å². The number of likely N-dealkylation sites (tertiary alicyclic amines) is 2. The summed E-state index contributed by atoms with van der Waals surface area (Å²) >= 11 is 0. The molecule has 0 aliphatic carbocycles. The Balaban J connectivity index is 1.31. The molecule has 2 aliphatic heterocycles. The average Bonchev–Trinajstić information content (AvgIpc) is 3.08. The van der Waals surface area contributed by atoms with Crippen molar-refractivity contribution in [2.24, 2.45) is 5.73 Å². The number of benzene rings is 1. The Morgan fingerprint density at radius 3 is 1.79 bits per heavy atom. The summed E-state index contributed by atoms with van der Waals surface area (Å²) in [6.07, 6.45) is 28.8. The van der Waals surface area contributed by atoms with E-state index >= 15 is 0 Å². The zero-order valence-corrected chi connectivity index (χ0v) is 29.8. The molecule has 0 saturated carbocycles. The van der Waals surface area contributed by atoms with Crippen molar-refractivity contribution < 1.29 is 18.7 Å². The molecule has 0 radical (unpaired) electrons. The standard InChI is InChI=1S/C40H66FN3O3/c1-2-3-4-5-6-7-8-9-10-11-12-13-14-15-16-18-23-38(45)47-37(35-24-26-36(41)27-25-35)22-21-30-43-33-28-40(29-34-43,39(42)46)44-31-19-17-20-32-44/h22,24-27H,2-21,23,28-34H2,1H3,(H2,42,46)/b37-22-. The first-order chi connectivity index (χ1) is 22.9. The van der Waals surface area contributed by atoms with Gasteiger partial charge >= 0.3 is 5.97 Å². The van der Waals surface area contributed by atoms with Crippen LogP contribution >= 0.6 is 0 Å². The Morgan fingerprint density at radius 2 is 1.28 bits per heavy atom. The minimum atomic E-state index is -0.520. The number of carbonyl (C=O) groups excluding carboxylic acids is 2. The van der Waals surface area contributed by atoms with Crippen molar-refractivity contribution in [2.75, 3.05) is 32.7 Å². The molecule has 2 N–H and O–H groups in total. The fourth-order valence-electron chi connectivity index (χ4n) is 7.39. The van der Waals surface area contributed by atoms with Gasteiger partial charge in [-0.2, -0.15) is 0 Å². The summed E-state index contributed by atoms with van der Waals surface area (Å²) in [7, 11) is 0. The van der Waals surface area contributed by atoms with Crippen molar-refractivity contribution in [3.8, 4) is 0 Å². The Bertz CT molecular complexity index is 1030. The van der Waals surface area contributed by atoms with E-state index in [1.54, 1.807) is 12.1 Å². The Labute approximate surface area is 286 Å². The first kappa shape index (κ1) is 39.2. The molecule has 2 saturated heterocycles. The van der Waals surface area contributed by atoms with Gasteiger partial charge < -0.3 is 15.4 Å². The lowest BCUT2D eigenvalue weighted by atomic mass is 9.83. The van der Waals surface area contributed by atoms with Crippen LogP contribution in [0.1, 0.15) is 160 Å². The third kappa shape index (κ3) is 14.8. The lowest BCUT2D eigenvalue weighted by Gasteiger charge is -2.48. The van der Waals surface area contributed by atoms with E-state index in [4.69, 9.17) is 10.5 Å². The van der Waals surface area contributed by atoms with E-state index in [-0.39, 0.29) is 17.7 Å². The third-order valence-corrected chi connectivity index (χ3v) is 10.5. The highest BCUT2D eigenvalue weighted by Gasteiger charge is 2.44. The van der Waals surface area contributed by atoms with Gasteiger partial charge in [-0.05, 0) is 82.0 Å². The van der Waals surface area contributed by atoms with Crippen molar-refractivity contribution >= 4 is 17.6 Å². The number of carbonyl (C=O) groups is 2. The van der Waals surface area contributed by atoms with E-state index in [2.05, 4.69) is 16.7 Å². The summed E-state index contributed by atoms with van der Waals surface area (Å²) in [5.74, 6) is -0.221. The topological polar surface area (TPSA) is 75.9 Å². The molecular weight excluding hydrogens is 589 g/mol. The van der Waals surface area contributed by atoms with Gasteiger partial charge in [-0.15, -0.1) is 0 Å².